The van der Waals surface area contributed by atoms with Crippen LogP contribution in [0.4, 0.5) is 17.6 Å². The molecular formula is C21H18BF4NO4. The summed E-state index contributed by atoms with van der Waals surface area (Å²) in [6, 6.07) is 6.68. The third-order valence-corrected chi connectivity index (χ3v) is 6.02. The second-order valence-electron chi connectivity index (χ2n) is 7.76. The quantitative estimate of drug-likeness (QED) is 0.334. The Morgan fingerprint density at radius 2 is 1.90 bits per heavy atom. The molecule has 0 spiro atoms. The number of hydrogen-bond acceptors (Lipinski definition) is 5. The van der Waals surface area contributed by atoms with Crippen LogP contribution in [-0.4, -0.2) is 30.2 Å². The Bertz CT molecular complexity index is 1070. The number of alkyl halides is 3. The predicted octanol–water partition coefficient (Wildman–Crippen LogP) is 3.12. The van der Waals surface area contributed by atoms with E-state index in [1.54, 1.807) is 0 Å². The largest absolute Gasteiger partial charge is 0.488 e. The highest BCUT2D eigenvalue weighted by molar-refractivity contribution is 6.59. The monoisotopic (exact) mass is 435 g/mol. The van der Waals surface area contributed by atoms with E-state index in [-0.39, 0.29) is 46.1 Å². The van der Waals surface area contributed by atoms with Gasteiger partial charge in [-0.05, 0) is 58.3 Å². The lowest BCUT2D eigenvalue weighted by Crippen LogP contribution is -2.36. The lowest BCUT2D eigenvalue weighted by atomic mass is 9.70. The van der Waals surface area contributed by atoms with Gasteiger partial charge >= 0.3 is 7.12 Å². The van der Waals surface area contributed by atoms with E-state index in [1.807, 2.05) is 6.07 Å². The van der Waals surface area contributed by atoms with Gasteiger partial charge in [0.2, 0.25) is 0 Å². The summed E-state index contributed by atoms with van der Waals surface area (Å²) < 4.78 is 58.1. The fraction of sp³-hybridized carbons (Fsp3) is 0.381. The Hall–Kier alpha value is -2.45. The van der Waals surface area contributed by atoms with E-state index in [9.17, 15) is 32.9 Å². The maximum atomic E-state index is 14.8. The Kier molecular flexibility index (Phi) is 5.56. The molecule has 0 unspecified atom stereocenters. The summed E-state index contributed by atoms with van der Waals surface area (Å²) in [5.74, 6) is -4.80. The molecule has 0 aromatic heterocycles. The average molecular weight is 435 g/mol. The summed E-state index contributed by atoms with van der Waals surface area (Å²) >= 11 is 0. The zero-order valence-electron chi connectivity index (χ0n) is 16.4. The van der Waals surface area contributed by atoms with E-state index in [0.29, 0.717) is 5.56 Å². The van der Waals surface area contributed by atoms with E-state index in [2.05, 4.69) is 4.89 Å². The molecule has 0 saturated heterocycles. The molecule has 0 saturated carbocycles. The fourth-order valence-corrected chi connectivity index (χ4v) is 4.82. The smallest absolute Gasteiger partial charge is 0.423 e. The third-order valence-electron chi connectivity index (χ3n) is 6.02. The van der Waals surface area contributed by atoms with Crippen LogP contribution in [0.5, 0.6) is 0 Å². The van der Waals surface area contributed by atoms with Crippen molar-refractivity contribution in [3.63, 3.8) is 0 Å². The van der Waals surface area contributed by atoms with Gasteiger partial charge in [0.1, 0.15) is 12.0 Å². The van der Waals surface area contributed by atoms with Gasteiger partial charge in [-0.15, -0.1) is 0 Å². The van der Waals surface area contributed by atoms with E-state index in [4.69, 9.17) is 4.89 Å². The van der Waals surface area contributed by atoms with Crippen molar-refractivity contribution in [3.05, 3.63) is 63.5 Å². The van der Waals surface area contributed by atoms with E-state index in [1.165, 1.54) is 12.1 Å². The Morgan fingerprint density at radius 1 is 1.16 bits per heavy atom. The SMILES string of the molecule is COO[C@H]1c2c(B(O)O)ccc([C@H]3CC[C@H](F)c4cc(F)cc(C#N)c43)c2CC1(F)F. The van der Waals surface area contributed by atoms with Gasteiger partial charge in [0, 0.05) is 12.3 Å². The van der Waals surface area contributed by atoms with Crippen LogP contribution in [0.1, 0.15) is 64.4 Å². The summed E-state index contributed by atoms with van der Waals surface area (Å²) in [6.45, 7) is 0. The highest BCUT2D eigenvalue weighted by atomic mass is 19.3. The van der Waals surface area contributed by atoms with Gasteiger partial charge in [0.05, 0.1) is 18.7 Å². The molecular weight excluding hydrogens is 417 g/mol. The zero-order valence-corrected chi connectivity index (χ0v) is 16.4. The van der Waals surface area contributed by atoms with Crippen LogP contribution in [0, 0.1) is 17.1 Å². The number of halogens is 4. The summed E-state index contributed by atoms with van der Waals surface area (Å²) in [5.41, 5.74) is 0.484. The van der Waals surface area contributed by atoms with Crippen LogP contribution in [0.2, 0.25) is 0 Å². The van der Waals surface area contributed by atoms with Crippen molar-refractivity contribution in [2.45, 2.75) is 43.4 Å². The van der Waals surface area contributed by atoms with Crippen molar-refractivity contribution in [3.8, 4) is 6.07 Å². The van der Waals surface area contributed by atoms with Gasteiger partial charge in [0.15, 0.2) is 6.10 Å². The molecule has 0 radical (unpaired) electrons. The van der Waals surface area contributed by atoms with Gasteiger partial charge in [-0.3, -0.25) is 0 Å². The van der Waals surface area contributed by atoms with Crippen molar-refractivity contribution >= 4 is 12.6 Å². The summed E-state index contributed by atoms with van der Waals surface area (Å²) in [6.07, 6.45) is -3.88. The van der Waals surface area contributed by atoms with Gasteiger partial charge in [-0.1, -0.05) is 12.1 Å². The Morgan fingerprint density at radius 3 is 2.55 bits per heavy atom. The van der Waals surface area contributed by atoms with E-state index < -0.39 is 43.5 Å². The Labute approximate surface area is 175 Å². The lowest BCUT2D eigenvalue weighted by Gasteiger charge is -2.31. The van der Waals surface area contributed by atoms with Crippen LogP contribution in [-0.2, 0) is 16.2 Å². The molecule has 31 heavy (non-hydrogen) atoms. The van der Waals surface area contributed by atoms with Crippen molar-refractivity contribution < 1.29 is 37.4 Å². The first kappa shape index (κ1) is 21.8. The molecule has 2 N–H and O–H groups in total. The molecule has 0 bridgehead atoms. The molecule has 162 valence electrons. The summed E-state index contributed by atoms with van der Waals surface area (Å²) in [7, 11) is -0.961. The molecule has 0 aliphatic heterocycles. The van der Waals surface area contributed by atoms with E-state index >= 15 is 0 Å². The minimum absolute atomic E-state index is 0.0273. The van der Waals surface area contributed by atoms with Crippen LogP contribution in [0.25, 0.3) is 0 Å². The number of benzene rings is 2. The Balaban J connectivity index is 1.95. The highest BCUT2D eigenvalue weighted by Crippen LogP contribution is 2.51. The highest BCUT2D eigenvalue weighted by Gasteiger charge is 2.53. The molecule has 2 aromatic carbocycles. The topological polar surface area (TPSA) is 82.7 Å². The van der Waals surface area contributed by atoms with Crippen LogP contribution in [0.3, 0.4) is 0 Å². The second-order valence-corrected chi connectivity index (χ2v) is 7.76. The van der Waals surface area contributed by atoms with Crippen molar-refractivity contribution in [1.82, 2.24) is 0 Å². The zero-order chi connectivity index (χ0) is 22.5. The van der Waals surface area contributed by atoms with Crippen molar-refractivity contribution in [2.75, 3.05) is 7.11 Å². The first-order valence-electron chi connectivity index (χ1n) is 9.66. The minimum atomic E-state index is -3.40. The lowest BCUT2D eigenvalue weighted by molar-refractivity contribution is -0.343. The first-order chi connectivity index (χ1) is 14.7. The minimum Gasteiger partial charge on any atom is -0.423 e. The standard InChI is InChI=1S/C21H18BF4NO4/c1-30-31-20-19-15(8-21(20,25)26)12(2-4-16(19)22(28)29)13-3-5-17(24)14-7-11(23)6-10(9-27)18(13)14/h2,4,6-7,13,17,20,28-29H,3,5,8H2,1H3/t13-,17+,20+/m1/s1. The number of nitriles is 1. The van der Waals surface area contributed by atoms with Gasteiger partial charge in [0.25, 0.3) is 5.92 Å². The first-order valence-corrected chi connectivity index (χ1v) is 9.66. The normalized spacial score (nSPS) is 23.7. The number of hydrogen-bond donors (Lipinski definition) is 2. The average Bonchev–Trinajstić information content (AvgIpc) is 2.98. The molecule has 0 fully saturated rings. The molecule has 2 aromatic rings. The fourth-order valence-electron chi connectivity index (χ4n) is 4.82. The van der Waals surface area contributed by atoms with Crippen LogP contribution in [0.15, 0.2) is 24.3 Å². The number of fused-ring (bicyclic) bond motifs is 2. The molecule has 3 atom stereocenters. The second kappa shape index (κ2) is 7.91. The number of rotatable bonds is 4. The maximum Gasteiger partial charge on any atom is 0.488 e. The molecule has 0 heterocycles. The third kappa shape index (κ3) is 3.51. The van der Waals surface area contributed by atoms with Crippen LogP contribution < -0.4 is 5.46 Å². The summed E-state index contributed by atoms with van der Waals surface area (Å²) in [4.78, 5) is 9.27. The maximum absolute atomic E-state index is 14.8. The number of nitrogens with zero attached hydrogens (tertiary/aromatic N) is 1. The molecule has 2 aliphatic carbocycles. The molecule has 4 rings (SSSR count). The molecule has 10 heteroatoms. The van der Waals surface area contributed by atoms with Crippen molar-refractivity contribution in [2.24, 2.45) is 0 Å². The van der Waals surface area contributed by atoms with E-state index in [0.717, 1.165) is 19.2 Å². The molecule has 2 aliphatic rings. The molecule has 0 amide bonds. The van der Waals surface area contributed by atoms with Gasteiger partial charge in [-0.25, -0.2) is 27.3 Å². The van der Waals surface area contributed by atoms with Crippen LogP contribution >= 0.6 is 0 Å². The molecule has 5 nitrogen and oxygen atoms in total. The van der Waals surface area contributed by atoms with Gasteiger partial charge in [-0.2, -0.15) is 5.26 Å². The summed E-state index contributed by atoms with van der Waals surface area (Å²) in [5, 5.41) is 29.0. The van der Waals surface area contributed by atoms with Crippen molar-refractivity contribution in [1.29, 1.82) is 5.26 Å². The van der Waals surface area contributed by atoms with Gasteiger partial charge < -0.3 is 10.0 Å². The predicted molar refractivity (Wildman–Crippen MR) is 102 cm³/mol.